The molecule has 2 aromatic carbocycles. The number of benzene rings is 2. The van der Waals surface area contributed by atoms with Gasteiger partial charge in [-0.25, -0.2) is 4.39 Å². The Morgan fingerprint density at radius 1 is 1.20 bits per heavy atom. The van der Waals surface area contributed by atoms with Crippen molar-refractivity contribution in [1.29, 1.82) is 0 Å². The highest BCUT2D eigenvalue weighted by Crippen LogP contribution is 2.38. The minimum Gasteiger partial charge on any atom is -0.357 e. The van der Waals surface area contributed by atoms with Crippen molar-refractivity contribution in [3.05, 3.63) is 82.9 Å². The zero-order chi connectivity index (χ0) is 20.7. The van der Waals surface area contributed by atoms with Crippen LogP contribution in [-0.2, 0) is 19.4 Å². The first-order chi connectivity index (χ1) is 14.6. The zero-order valence-corrected chi connectivity index (χ0v) is 17.2. The predicted octanol–water partition coefficient (Wildman–Crippen LogP) is 5.04. The van der Waals surface area contributed by atoms with Gasteiger partial charge >= 0.3 is 0 Å². The van der Waals surface area contributed by atoms with E-state index in [1.165, 1.54) is 34.3 Å². The highest BCUT2D eigenvalue weighted by molar-refractivity contribution is 5.85. The van der Waals surface area contributed by atoms with E-state index >= 15 is 0 Å². The van der Waals surface area contributed by atoms with Crippen LogP contribution in [0, 0.1) is 11.7 Å². The first kappa shape index (κ1) is 19.0. The van der Waals surface area contributed by atoms with Gasteiger partial charge in [0, 0.05) is 29.6 Å². The predicted molar refractivity (Wildman–Crippen MR) is 113 cm³/mol. The van der Waals surface area contributed by atoms with Crippen molar-refractivity contribution in [2.75, 3.05) is 6.54 Å². The van der Waals surface area contributed by atoms with Gasteiger partial charge in [0.2, 0.25) is 5.89 Å². The standard InChI is InChI=1S/C24H25FN4O/c1-15(2)24-23-19(18-8-3-4-9-20(18)26-23)10-11-29(24)14-22-27-21(28-30-22)13-16-6-5-7-17(25)12-16/h3-9,12,15,24,26H,10-11,13-14H2,1-2H3/t24-/m1/s1. The Hall–Kier alpha value is -2.99. The van der Waals surface area contributed by atoms with Crippen molar-refractivity contribution < 1.29 is 8.91 Å². The smallest absolute Gasteiger partial charge is 0.240 e. The lowest BCUT2D eigenvalue weighted by Crippen LogP contribution is -2.37. The summed E-state index contributed by atoms with van der Waals surface area (Å²) >= 11 is 0. The van der Waals surface area contributed by atoms with E-state index in [1.807, 2.05) is 6.07 Å². The van der Waals surface area contributed by atoms with Crippen LogP contribution >= 0.6 is 0 Å². The number of halogens is 1. The average molecular weight is 404 g/mol. The van der Waals surface area contributed by atoms with Crippen LogP contribution in [0.5, 0.6) is 0 Å². The van der Waals surface area contributed by atoms with E-state index in [-0.39, 0.29) is 11.9 Å². The molecule has 3 heterocycles. The summed E-state index contributed by atoms with van der Waals surface area (Å²) in [6, 6.07) is 15.3. The summed E-state index contributed by atoms with van der Waals surface area (Å²) in [5, 5.41) is 5.44. The lowest BCUT2D eigenvalue weighted by Gasteiger charge is -2.37. The van der Waals surface area contributed by atoms with Crippen LogP contribution in [0.2, 0.25) is 0 Å². The molecule has 0 aliphatic carbocycles. The second-order valence-electron chi connectivity index (χ2n) is 8.38. The largest absolute Gasteiger partial charge is 0.357 e. The molecule has 0 saturated heterocycles. The van der Waals surface area contributed by atoms with Gasteiger partial charge in [0.25, 0.3) is 0 Å². The van der Waals surface area contributed by atoms with Crippen LogP contribution in [0.25, 0.3) is 10.9 Å². The maximum atomic E-state index is 13.4. The molecule has 0 radical (unpaired) electrons. The molecule has 154 valence electrons. The molecule has 5 nitrogen and oxygen atoms in total. The molecule has 6 heteroatoms. The van der Waals surface area contributed by atoms with E-state index in [0.29, 0.717) is 30.6 Å². The van der Waals surface area contributed by atoms with Gasteiger partial charge in [0.05, 0.1) is 12.6 Å². The molecule has 1 N–H and O–H groups in total. The van der Waals surface area contributed by atoms with Crippen LogP contribution in [-0.4, -0.2) is 26.6 Å². The molecule has 30 heavy (non-hydrogen) atoms. The van der Waals surface area contributed by atoms with E-state index in [9.17, 15) is 4.39 Å². The summed E-state index contributed by atoms with van der Waals surface area (Å²) in [7, 11) is 0. The van der Waals surface area contributed by atoms with E-state index in [4.69, 9.17) is 4.52 Å². The molecule has 5 rings (SSSR count). The Labute approximate surface area is 174 Å². The lowest BCUT2D eigenvalue weighted by molar-refractivity contribution is 0.117. The highest BCUT2D eigenvalue weighted by Gasteiger charge is 2.33. The van der Waals surface area contributed by atoms with Crippen LogP contribution in [0.4, 0.5) is 4.39 Å². The molecule has 4 aromatic rings. The first-order valence-electron chi connectivity index (χ1n) is 10.5. The van der Waals surface area contributed by atoms with Crippen molar-refractivity contribution in [1.82, 2.24) is 20.0 Å². The average Bonchev–Trinajstić information content (AvgIpc) is 3.31. The molecule has 0 bridgehead atoms. The number of hydrogen-bond acceptors (Lipinski definition) is 4. The lowest BCUT2D eigenvalue weighted by atomic mass is 9.90. The van der Waals surface area contributed by atoms with Gasteiger partial charge in [-0.2, -0.15) is 4.98 Å². The van der Waals surface area contributed by atoms with Gasteiger partial charge in [-0.3, -0.25) is 4.90 Å². The maximum Gasteiger partial charge on any atom is 0.240 e. The second kappa shape index (κ2) is 7.69. The molecule has 0 amide bonds. The van der Waals surface area contributed by atoms with Gasteiger partial charge in [-0.15, -0.1) is 0 Å². The molecule has 2 aromatic heterocycles. The Morgan fingerprint density at radius 3 is 2.90 bits per heavy atom. The second-order valence-corrected chi connectivity index (χ2v) is 8.38. The van der Waals surface area contributed by atoms with E-state index in [2.05, 4.69) is 58.1 Å². The van der Waals surface area contributed by atoms with E-state index < -0.39 is 0 Å². The summed E-state index contributed by atoms with van der Waals surface area (Å²) in [6.07, 6.45) is 1.45. The zero-order valence-electron chi connectivity index (χ0n) is 17.2. The number of aromatic nitrogens is 3. The van der Waals surface area contributed by atoms with Gasteiger partial charge in [0.15, 0.2) is 5.82 Å². The van der Waals surface area contributed by atoms with Gasteiger partial charge in [-0.1, -0.05) is 49.3 Å². The molecule has 0 saturated carbocycles. The number of nitrogens with one attached hydrogen (secondary N) is 1. The van der Waals surface area contributed by atoms with E-state index in [1.54, 1.807) is 6.07 Å². The fourth-order valence-electron chi connectivity index (χ4n) is 4.68. The fraction of sp³-hybridized carbons (Fsp3) is 0.333. The molecule has 1 aliphatic heterocycles. The summed E-state index contributed by atoms with van der Waals surface area (Å²) in [4.78, 5) is 10.7. The van der Waals surface area contributed by atoms with Crippen molar-refractivity contribution >= 4 is 10.9 Å². The molecule has 1 atom stereocenters. The quantitative estimate of drug-likeness (QED) is 0.506. The van der Waals surface area contributed by atoms with Crippen LogP contribution < -0.4 is 0 Å². The van der Waals surface area contributed by atoms with Gasteiger partial charge in [0.1, 0.15) is 5.82 Å². The maximum absolute atomic E-state index is 13.4. The van der Waals surface area contributed by atoms with Crippen LogP contribution in [0.3, 0.4) is 0 Å². The van der Waals surface area contributed by atoms with Crippen molar-refractivity contribution in [2.45, 2.75) is 39.3 Å². The number of para-hydroxylation sites is 1. The highest BCUT2D eigenvalue weighted by atomic mass is 19.1. The molecule has 0 unspecified atom stereocenters. The number of H-pyrrole nitrogens is 1. The number of aromatic amines is 1. The van der Waals surface area contributed by atoms with Crippen molar-refractivity contribution in [3.8, 4) is 0 Å². The third-order valence-electron chi connectivity index (χ3n) is 5.92. The molecular weight excluding hydrogens is 379 g/mol. The fourth-order valence-corrected chi connectivity index (χ4v) is 4.68. The third kappa shape index (κ3) is 3.52. The summed E-state index contributed by atoms with van der Waals surface area (Å²) in [6.45, 7) is 6.05. The van der Waals surface area contributed by atoms with Gasteiger partial charge < -0.3 is 9.51 Å². The SMILES string of the molecule is CC(C)[C@@H]1c2[nH]c3ccccc3c2CCN1Cc1nc(Cc2cccc(F)c2)no1. The first-order valence-corrected chi connectivity index (χ1v) is 10.5. The Balaban J connectivity index is 1.38. The van der Waals surface area contributed by atoms with Crippen molar-refractivity contribution in [3.63, 3.8) is 0 Å². The van der Waals surface area contributed by atoms with E-state index in [0.717, 1.165) is 18.5 Å². The minimum atomic E-state index is -0.251. The topological polar surface area (TPSA) is 58.0 Å². The van der Waals surface area contributed by atoms with Gasteiger partial charge in [-0.05, 0) is 41.7 Å². The number of nitrogens with zero attached hydrogens (tertiary/aromatic N) is 3. The third-order valence-corrected chi connectivity index (χ3v) is 5.92. The minimum absolute atomic E-state index is 0.251. The van der Waals surface area contributed by atoms with Crippen molar-refractivity contribution in [2.24, 2.45) is 5.92 Å². The Bertz CT molecular complexity index is 1180. The van der Waals surface area contributed by atoms with Crippen LogP contribution in [0.15, 0.2) is 53.1 Å². The molecule has 1 aliphatic rings. The molecular formula is C24H25FN4O. The Kier molecular flexibility index (Phi) is 4.87. The summed E-state index contributed by atoms with van der Waals surface area (Å²) < 4.78 is 19.0. The number of hydrogen-bond donors (Lipinski definition) is 1. The normalized spacial score (nSPS) is 17.0. The molecule has 0 fully saturated rings. The molecule has 0 spiro atoms. The number of rotatable bonds is 5. The Morgan fingerprint density at radius 2 is 2.07 bits per heavy atom. The monoisotopic (exact) mass is 404 g/mol. The number of fused-ring (bicyclic) bond motifs is 3. The van der Waals surface area contributed by atoms with Crippen LogP contribution in [0.1, 0.15) is 48.4 Å². The summed E-state index contributed by atoms with van der Waals surface area (Å²) in [5.74, 6) is 1.37. The summed E-state index contributed by atoms with van der Waals surface area (Å²) in [5.41, 5.74) is 4.77.